The predicted octanol–water partition coefficient (Wildman–Crippen LogP) is -1.49. The predicted molar refractivity (Wildman–Crippen MR) is 59.3 cm³/mol. The van der Waals surface area contributed by atoms with Crippen LogP contribution in [0.2, 0.25) is 0 Å². The van der Waals surface area contributed by atoms with Crippen molar-refractivity contribution in [2.45, 2.75) is 6.61 Å². The van der Waals surface area contributed by atoms with Crippen molar-refractivity contribution >= 4 is 12.4 Å². The van der Waals surface area contributed by atoms with Crippen LogP contribution >= 0.6 is 0 Å². The van der Waals surface area contributed by atoms with Gasteiger partial charge in [0.05, 0.1) is 6.20 Å². The van der Waals surface area contributed by atoms with Crippen LogP contribution in [0.15, 0.2) is 36.9 Å². The van der Waals surface area contributed by atoms with Crippen LogP contribution in [0.4, 0.5) is 12.9 Å². The van der Waals surface area contributed by atoms with E-state index in [0.29, 0.717) is 5.82 Å². The van der Waals surface area contributed by atoms with E-state index in [1.165, 1.54) is 18.6 Å². The molecule has 2 aromatic rings. The number of halogens is 3. The summed E-state index contributed by atoms with van der Waals surface area (Å²) in [6.45, 7) is -5.07. The molecule has 0 radical (unpaired) electrons. The summed E-state index contributed by atoms with van der Waals surface area (Å²) in [5.41, 5.74) is -0.790. The van der Waals surface area contributed by atoms with Crippen molar-refractivity contribution in [1.82, 2.24) is 15.0 Å². The van der Waals surface area contributed by atoms with Crippen LogP contribution in [0.3, 0.4) is 0 Å². The van der Waals surface area contributed by atoms with E-state index in [1.807, 2.05) is 0 Å². The number of nitrogens with zero attached hydrogens (tertiary/aromatic N) is 3. The van der Waals surface area contributed by atoms with Crippen molar-refractivity contribution in [2.75, 3.05) is 0 Å². The Morgan fingerprint density at radius 2 is 1.79 bits per heavy atom. The Balaban J connectivity index is 0.00000180. The minimum absolute atomic E-state index is 0. The molecule has 0 aliphatic heterocycles. The maximum atomic E-state index is 12.5. The Morgan fingerprint density at radius 1 is 1.11 bits per heavy atom. The van der Waals surface area contributed by atoms with Gasteiger partial charge < -0.3 is 17.7 Å². The monoisotopic (exact) mass is 293 g/mol. The van der Waals surface area contributed by atoms with E-state index in [4.69, 9.17) is 4.74 Å². The van der Waals surface area contributed by atoms with E-state index in [2.05, 4.69) is 15.0 Å². The molecular weight excluding hydrogens is 285 g/mol. The number of hydrogen-bond donors (Lipinski definition) is 0. The van der Waals surface area contributed by atoms with Crippen molar-refractivity contribution in [2.24, 2.45) is 0 Å². The van der Waals surface area contributed by atoms with E-state index < -0.39 is 12.4 Å². The van der Waals surface area contributed by atoms with Crippen molar-refractivity contribution < 1.29 is 69.1 Å². The van der Waals surface area contributed by atoms with Gasteiger partial charge in [-0.3, -0.25) is 4.98 Å². The molecule has 0 aliphatic carbocycles. The minimum Gasteiger partial charge on any atom is -0.484 e. The average Bonchev–Trinajstić information content (AvgIpc) is 2.37. The summed E-state index contributed by atoms with van der Waals surface area (Å²) >= 11 is 0. The molecule has 0 aliphatic rings. The van der Waals surface area contributed by atoms with Crippen LogP contribution < -0.4 is 61.6 Å². The molecule has 0 N–H and O–H groups in total. The van der Waals surface area contributed by atoms with Gasteiger partial charge in [0, 0.05) is 18.6 Å². The van der Waals surface area contributed by atoms with E-state index in [-0.39, 0.29) is 63.7 Å². The molecule has 0 spiro atoms. The second-order valence-corrected chi connectivity index (χ2v) is 3.48. The van der Waals surface area contributed by atoms with Gasteiger partial charge in [0.15, 0.2) is 5.82 Å². The SMILES string of the molecule is F[B-](F)(F)c1cncc(OCc2ncccn2)c1.[K+]. The number of ether oxygens (including phenoxy) is 1. The van der Waals surface area contributed by atoms with Gasteiger partial charge >= 0.3 is 58.4 Å². The molecule has 0 aromatic carbocycles. The Bertz CT molecular complexity index is 527. The van der Waals surface area contributed by atoms with Gasteiger partial charge in [0.2, 0.25) is 0 Å². The van der Waals surface area contributed by atoms with Crippen LogP contribution in [-0.2, 0) is 6.61 Å². The summed E-state index contributed by atoms with van der Waals surface area (Å²) in [7, 11) is 0. The molecule has 0 unspecified atom stereocenters. The molecule has 2 aromatic heterocycles. The molecule has 0 saturated heterocycles. The van der Waals surface area contributed by atoms with Gasteiger partial charge in [0.1, 0.15) is 12.4 Å². The number of hydrogen-bond acceptors (Lipinski definition) is 4. The van der Waals surface area contributed by atoms with E-state index >= 15 is 0 Å². The Hall–Kier alpha value is -0.479. The third kappa shape index (κ3) is 5.19. The molecule has 2 heterocycles. The Labute approximate surface area is 150 Å². The standard InChI is InChI=1S/C10H8BF3N3O.K/c12-11(13,14)8-4-9(6-15-5-8)18-7-10-16-2-1-3-17-10;/h1-6H,7H2;/q-1;+1. The van der Waals surface area contributed by atoms with Crippen molar-refractivity contribution in [1.29, 1.82) is 0 Å². The Kier molecular flexibility index (Phi) is 6.41. The maximum absolute atomic E-state index is 12.5. The van der Waals surface area contributed by atoms with Crippen molar-refractivity contribution in [3.8, 4) is 5.75 Å². The second-order valence-electron chi connectivity index (χ2n) is 3.48. The summed E-state index contributed by atoms with van der Waals surface area (Å²) in [6, 6.07) is 2.55. The van der Waals surface area contributed by atoms with Gasteiger partial charge in [-0.15, -0.1) is 0 Å². The zero-order valence-electron chi connectivity index (χ0n) is 10.1. The fraction of sp³-hybridized carbons (Fsp3) is 0.100. The second kappa shape index (κ2) is 7.34. The quantitative estimate of drug-likeness (QED) is 0.644. The molecule has 0 saturated carbocycles. The van der Waals surface area contributed by atoms with Crippen LogP contribution in [0, 0.1) is 0 Å². The summed E-state index contributed by atoms with van der Waals surface area (Å²) in [5, 5.41) is 0. The zero-order chi connectivity index (χ0) is 13.0. The largest absolute Gasteiger partial charge is 1.00 e. The average molecular weight is 293 g/mol. The van der Waals surface area contributed by atoms with E-state index in [1.54, 1.807) is 6.07 Å². The third-order valence-electron chi connectivity index (χ3n) is 2.10. The van der Waals surface area contributed by atoms with Gasteiger partial charge in [0.25, 0.3) is 0 Å². The summed E-state index contributed by atoms with van der Waals surface area (Å²) in [4.78, 5) is 11.3. The first kappa shape index (κ1) is 16.6. The summed E-state index contributed by atoms with van der Waals surface area (Å²) in [6.07, 6.45) is 5.04. The van der Waals surface area contributed by atoms with Crippen molar-refractivity contribution in [3.63, 3.8) is 0 Å². The number of aromatic nitrogens is 3. The Morgan fingerprint density at radius 3 is 2.42 bits per heavy atom. The van der Waals surface area contributed by atoms with Gasteiger partial charge in [-0.25, -0.2) is 9.97 Å². The molecule has 19 heavy (non-hydrogen) atoms. The molecule has 94 valence electrons. The third-order valence-corrected chi connectivity index (χ3v) is 2.10. The number of rotatable bonds is 4. The zero-order valence-corrected chi connectivity index (χ0v) is 13.3. The topological polar surface area (TPSA) is 47.9 Å². The van der Waals surface area contributed by atoms with Crippen LogP contribution in [-0.4, -0.2) is 21.9 Å². The van der Waals surface area contributed by atoms with Crippen LogP contribution in [0.5, 0.6) is 5.75 Å². The van der Waals surface area contributed by atoms with E-state index in [0.717, 1.165) is 12.3 Å². The fourth-order valence-electron chi connectivity index (χ4n) is 1.25. The minimum atomic E-state index is -5.07. The van der Waals surface area contributed by atoms with Gasteiger partial charge in [-0.2, -0.15) is 0 Å². The molecule has 0 bridgehead atoms. The van der Waals surface area contributed by atoms with Crippen molar-refractivity contribution in [3.05, 3.63) is 42.7 Å². The first-order chi connectivity index (χ1) is 8.55. The van der Waals surface area contributed by atoms with Crippen LogP contribution in [0.1, 0.15) is 5.82 Å². The van der Waals surface area contributed by atoms with Gasteiger partial charge in [-0.1, -0.05) is 5.46 Å². The molecule has 0 amide bonds. The number of pyridine rings is 1. The molecule has 4 nitrogen and oxygen atoms in total. The van der Waals surface area contributed by atoms with Crippen LogP contribution in [0.25, 0.3) is 0 Å². The molecule has 0 fully saturated rings. The summed E-state index contributed by atoms with van der Waals surface area (Å²) < 4.78 is 42.6. The first-order valence-corrected chi connectivity index (χ1v) is 5.09. The van der Waals surface area contributed by atoms with E-state index in [9.17, 15) is 12.9 Å². The fourth-order valence-corrected chi connectivity index (χ4v) is 1.25. The maximum Gasteiger partial charge on any atom is 1.00 e. The smallest absolute Gasteiger partial charge is 0.484 e. The normalized spacial score (nSPS) is 10.7. The molecule has 0 atom stereocenters. The molecular formula is C10H8BF3KN3O. The van der Waals surface area contributed by atoms with Gasteiger partial charge in [-0.05, 0) is 12.1 Å². The summed E-state index contributed by atoms with van der Waals surface area (Å²) in [5.74, 6) is 0.430. The first-order valence-electron chi connectivity index (χ1n) is 5.09. The molecule has 2 rings (SSSR count). The molecule has 9 heteroatoms.